The Morgan fingerprint density at radius 1 is 1.44 bits per heavy atom. The van der Waals surface area contributed by atoms with Gasteiger partial charge < -0.3 is 15.3 Å². The van der Waals surface area contributed by atoms with Crippen molar-refractivity contribution in [3.8, 4) is 0 Å². The van der Waals surface area contributed by atoms with E-state index in [1.54, 1.807) is 0 Å². The van der Waals surface area contributed by atoms with Gasteiger partial charge in [-0.1, -0.05) is 13.3 Å². The van der Waals surface area contributed by atoms with Crippen molar-refractivity contribution in [2.45, 2.75) is 51.0 Å². The lowest BCUT2D eigenvalue weighted by Crippen LogP contribution is -2.50. The van der Waals surface area contributed by atoms with E-state index in [1.807, 2.05) is 19.0 Å². The van der Waals surface area contributed by atoms with Crippen LogP contribution in [0.4, 0.5) is 0 Å². The first-order chi connectivity index (χ1) is 8.58. The lowest BCUT2D eigenvalue weighted by Gasteiger charge is -2.39. The number of amides is 1. The Bertz CT molecular complexity index is 255. The number of hydrogen-bond donors (Lipinski definition) is 2. The van der Waals surface area contributed by atoms with Crippen LogP contribution in [-0.4, -0.2) is 48.7 Å². The number of aliphatic hydroxyl groups excluding tert-OH is 1. The second-order valence-electron chi connectivity index (χ2n) is 5.58. The van der Waals surface area contributed by atoms with Gasteiger partial charge in [0.1, 0.15) is 0 Å². The molecule has 1 amide bonds. The third-order valence-electron chi connectivity index (χ3n) is 4.35. The highest BCUT2D eigenvalue weighted by Crippen LogP contribution is 2.32. The van der Waals surface area contributed by atoms with Crippen LogP contribution in [0.5, 0.6) is 0 Å². The van der Waals surface area contributed by atoms with Crippen molar-refractivity contribution in [3.05, 3.63) is 0 Å². The van der Waals surface area contributed by atoms with E-state index in [1.165, 1.54) is 0 Å². The maximum absolute atomic E-state index is 12.2. The molecule has 0 atom stereocenters. The van der Waals surface area contributed by atoms with E-state index in [2.05, 4.69) is 12.2 Å². The predicted molar refractivity (Wildman–Crippen MR) is 73.4 cm³/mol. The molecule has 1 rings (SSSR count). The summed E-state index contributed by atoms with van der Waals surface area (Å²) in [5.41, 5.74) is -0.154. The average Bonchev–Trinajstić information content (AvgIpc) is 2.44. The zero-order valence-electron chi connectivity index (χ0n) is 12.0. The molecular formula is C14H28N2O2. The van der Waals surface area contributed by atoms with Crippen molar-refractivity contribution in [1.29, 1.82) is 0 Å². The van der Waals surface area contributed by atoms with Crippen LogP contribution in [0.3, 0.4) is 0 Å². The summed E-state index contributed by atoms with van der Waals surface area (Å²) >= 11 is 0. The van der Waals surface area contributed by atoms with Crippen LogP contribution in [0.25, 0.3) is 0 Å². The number of carbonyl (C=O) groups is 1. The Hall–Kier alpha value is -0.610. The number of aliphatic hydroxyl groups is 1. The van der Waals surface area contributed by atoms with Crippen LogP contribution in [0.15, 0.2) is 0 Å². The molecule has 4 nitrogen and oxygen atoms in total. The number of nitrogens with zero attached hydrogens (tertiary/aromatic N) is 1. The number of nitrogens with one attached hydrogen (secondary N) is 1. The molecule has 0 aliphatic heterocycles. The molecule has 1 aliphatic rings. The smallest absolute Gasteiger partial charge is 0.225 e. The van der Waals surface area contributed by atoms with E-state index in [0.717, 1.165) is 45.1 Å². The van der Waals surface area contributed by atoms with Crippen LogP contribution >= 0.6 is 0 Å². The van der Waals surface area contributed by atoms with E-state index in [9.17, 15) is 9.90 Å². The first-order valence-electron chi connectivity index (χ1n) is 7.13. The molecule has 0 bridgehead atoms. The van der Waals surface area contributed by atoms with Crippen molar-refractivity contribution in [2.24, 2.45) is 5.92 Å². The topological polar surface area (TPSA) is 52.6 Å². The van der Waals surface area contributed by atoms with Crippen molar-refractivity contribution in [3.63, 3.8) is 0 Å². The maximum Gasteiger partial charge on any atom is 0.225 e. The first kappa shape index (κ1) is 15.4. The predicted octanol–water partition coefficient (Wildman–Crippen LogP) is 1.39. The summed E-state index contributed by atoms with van der Waals surface area (Å²) in [5.74, 6) is 0.436. The largest absolute Gasteiger partial charge is 0.394 e. The fraction of sp³-hybridized carbons (Fsp3) is 0.929. The summed E-state index contributed by atoms with van der Waals surface area (Å²) in [6, 6.07) is 0. The van der Waals surface area contributed by atoms with E-state index in [-0.39, 0.29) is 24.0 Å². The fourth-order valence-corrected chi connectivity index (χ4v) is 2.72. The Kier molecular flexibility index (Phi) is 6.09. The van der Waals surface area contributed by atoms with Gasteiger partial charge in [-0.15, -0.1) is 0 Å². The molecule has 1 fully saturated rings. The molecule has 1 saturated carbocycles. The van der Waals surface area contributed by atoms with Gasteiger partial charge in [0.2, 0.25) is 5.91 Å². The molecule has 0 aromatic carbocycles. The molecule has 4 heteroatoms. The first-order valence-corrected chi connectivity index (χ1v) is 7.13. The van der Waals surface area contributed by atoms with Crippen LogP contribution in [0.2, 0.25) is 0 Å². The second-order valence-corrected chi connectivity index (χ2v) is 5.58. The van der Waals surface area contributed by atoms with Gasteiger partial charge in [-0.05, 0) is 39.2 Å². The second kappa shape index (κ2) is 7.10. The van der Waals surface area contributed by atoms with Gasteiger partial charge in [-0.3, -0.25) is 4.79 Å². The molecule has 0 aromatic rings. The summed E-state index contributed by atoms with van der Waals surface area (Å²) in [4.78, 5) is 14.1. The summed E-state index contributed by atoms with van der Waals surface area (Å²) in [7, 11) is 3.80. The molecule has 0 unspecified atom stereocenters. The van der Waals surface area contributed by atoms with Crippen molar-refractivity contribution >= 4 is 5.91 Å². The Labute approximate surface area is 111 Å². The average molecular weight is 256 g/mol. The minimum Gasteiger partial charge on any atom is -0.394 e. The molecule has 106 valence electrons. The summed E-state index contributed by atoms with van der Waals surface area (Å²) < 4.78 is 0. The summed E-state index contributed by atoms with van der Waals surface area (Å²) in [5, 5.41) is 12.6. The van der Waals surface area contributed by atoms with E-state index in [4.69, 9.17) is 0 Å². The van der Waals surface area contributed by atoms with Gasteiger partial charge in [0, 0.05) is 25.0 Å². The number of unbranched alkanes of at least 4 members (excludes halogenated alkanes) is 1. The molecule has 0 aromatic heterocycles. The van der Waals surface area contributed by atoms with Crippen molar-refractivity contribution in [1.82, 2.24) is 10.2 Å². The molecular weight excluding hydrogens is 228 g/mol. The van der Waals surface area contributed by atoms with E-state index >= 15 is 0 Å². The molecule has 0 spiro atoms. The molecule has 0 radical (unpaired) electrons. The van der Waals surface area contributed by atoms with Crippen LogP contribution < -0.4 is 5.32 Å². The number of rotatable bonds is 6. The van der Waals surface area contributed by atoms with E-state index < -0.39 is 0 Å². The quantitative estimate of drug-likeness (QED) is 0.755. The third kappa shape index (κ3) is 3.69. The Morgan fingerprint density at radius 2 is 2.06 bits per heavy atom. The van der Waals surface area contributed by atoms with Crippen molar-refractivity contribution < 1.29 is 9.90 Å². The molecule has 0 heterocycles. The summed E-state index contributed by atoms with van der Waals surface area (Å²) in [6.45, 7) is 3.17. The Balaban J connectivity index is 2.44. The molecule has 1 aliphatic carbocycles. The summed E-state index contributed by atoms with van der Waals surface area (Å²) in [6.07, 6.45) is 5.74. The monoisotopic (exact) mass is 256 g/mol. The molecule has 18 heavy (non-hydrogen) atoms. The highest BCUT2D eigenvalue weighted by molar-refractivity contribution is 5.78. The van der Waals surface area contributed by atoms with Gasteiger partial charge in [0.25, 0.3) is 0 Å². The highest BCUT2D eigenvalue weighted by atomic mass is 16.3. The number of hydrogen-bond acceptors (Lipinski definition) is 3. The lowest BCUT2D eigenvalue weighted by atomic mass is 9.76. The van der Waals surface area contributed by atoms with Crippen LogP contribution in [0.1, 0.15) is 45.4 Å². The third-order valence-corrected chi connectivity index (χ3v) is 4.35. The maximum atomic E-state index is 12.2. The van der Waals surface area contributed by atoms with E-state index in [0.29, 0.717) is 0 Å². The minimum atomic E-state index is -0.154. The molecule has 2 N–H and O–H groups in total. The van der Waals surface area contributed by atoms with Gasteiger partial charge in [-0.2, -0.15) is 0 Å². The number of likely N-dealkylation sites (N-methyl/N-ethyl adjacent to an activating group) is 1. The lowest BCUT2D eigenvalue weighted by molar-refractivity contribution is -0.136. The Morgan fingerprint density at radius 3 is 2.50 bits per heavy atom. The standard InChI is InChI=1S/C14H28N2O2/c1-4-5-10-16(3)13(18)12-6-8-14(11-17,15-2)9-7-12/h12,15,17H,4-11H2,1-3H3. The van der Waals surface area contributed by atoms with Gasteiger partial charge in [0.05, 0.1) is 6.61 Å². The number of carbonyl (C=O) groups excluding carboxylic acids is 1. The SMILES string of the molecule is CCCCN(C)C(=O)C1CCC(CO)(NC)CC1. The van der Waals surface area contributed by atoms with Gasteiger partial charge in [-0.25, -0.2) is 0 Å². The van der Waals surface area contributed by atoms with Gasteiger partial charge in [0.15, 0.2) is 0 Å². The highest BCUT2D eigenvalue weighted by Gasteiger charge is 2.36. The zero-order chi connectivity index (χ0) is 13.6. The minimum absolute atomic E-state index is 0.153. The normalized spacial score (nSPS) is 28.1. The van der Waals surface area contributed by atoms with Crippen molar-refractivity contribution in [2.75, 3.05) is 27.2 Å². The fourth-order valence-electron chi connectivity index (χ4n) is 2.72. The molecule has 0 saturated heterocycles. The van der Waals surface area contributed by atoms with Crippen LogP contribution in [-0.2, 0) is 4.79 Å². The zero-order valence-corrected chi connectivity index (χ0v) is 12.0. The van der Waals surface area contributed by atoms with Crippen LogP contribution in [0, 0.1) is 5.92 Å². The van der Waals surface area contributed by atoms with Gasteiger partial charge >= 0.3 is 0 Å².